The van der Waals surface area contributed by atoms with Crippen molar-refractivity contribution >= 4 is 28.1 Å². The highest BCUT2D eigenvalue weighted by molar-refractivity contribution is 7.10. The van der Waals surface area contributed by atoms with Crippen LogP contribution in [0.15, 0.2) is 54.0 Å². The normalized spacial score (nSPS) is 12.5. The molecule has 0 saturated carbocycles. The van der Waals surface area contributed by atoms with Crippen molar-refractivity contribution in [3.05, 3.63) is 64.5 Å². The molecule has 24 heavy (non-hydrogen) atoms. The van der Waals surface area contributed by atoms with Gasteiger partial charge in [0.25, 0.3) is 0 Å². The maximum absolute atomic E-state index is 12.4. The predicted molar refractivity (Wildman–Crippen MR) is 99.2 cm³/mol. The molecular formula is C19H21N3OS. The minimum atomic E-state index is 0.0246. The summed E-state index contributed by atoms with van der Waals surface area (Å²) in [5, 5.41) is 6.19. The summed E-state index contributed by atoms with van der Waals surface area (Å²) in [6, 6.07) is 14.2. The number of hydrogen-bond donors (Lipinski definition) is 1. The summed E-state index contributed by atoms with van der Waals surface area (Å²) in [5.41, 5.74) is 1.86. The van der Waals surface area contributed by atoms with Gasteiger partial charge in [-0.1, -0.05) is 30.3 Å². The van der Waals surface area contributed by atoms with Gasteiger partial charge in [0, 0.05) is 23.0 Å². The topological polar surface area (TPSA) is 45.2 Å². The zero-order valence-electron chi connectivity index (χ0n) is 13.9. The van der Waals surface area contributed by atoms with Gasteiger partial charge in [0.1, 0.15) is 0 Å². The Kier molecular flexibility index (Phi) is 5.23. The number of benzene rings is 1. The quantitative estimate of drug-likeness (QED) is 0.750. The monoisotopic (exact) mass is 339 g/mol. The smallest absolute Gasteiger partial charge is 0.224 e. The van der Waals surface area contributed by atoms with E-state index in [1.165, 1.54) is 4.88 Å². The van der Waals surface area contributed by atoms with Crippen LogP contribution < -0.4 is 5.32 Å². The first-order chi connectivity index (χ1) is 11.6. The highest BCUT2D eigenvalue weighted by atomic mass is 32.1. The molecular weight excluding hydrogens is 318 g/mol. The van der Waals surface area contributed by atoms with E-state index in [9.17, 15) is 4.79 Å². The first-order valence-electron chi connectivity index (χ1n) is 7.94. The Balaban J connectivity index is 1.67. The van der Waals surface area contributed by atoms with Crippen molar-refractivity contribution in [1.29, 1.82) is 0 Å². The highest BCUT2D eigenvalue weighted by Crippen LogP contribution is 2.22. The number of fused-ring (bicyclic) bond motifs is 1. The molecule has 3 aromatic rings. The third-order valence-corrected chi connectivity index (χ3v) is 5.03. The van der Waals surface area contributed by atoms with Gasteiger partial charge in [0.2, 0.25) is 5.91 Å². The SMILES string of the molecule is CN(C)C(CNC(=O)Cc1cccc2cccnc12)c1cccs1. The van der Waals surface area contributed by atoms with Gasteiger partial charge in [-0.25, -0.2) is 0 Å². The van der Waals surface area contributed by atoms with Crippen molar-refractivity contribution in [3.63, 3.8) is 0 Å². The molecule has 5 heteroatoms. The molecule has 1 atom stereocenters. The van der Waals surface area contributed by atoms with E-state index in [4.69, 9.17) is 0 Å². The lowest BCUT2D eigenvalue weighted by molar-refractivity contribution is -0.120. The second-order valence-electron chi connectivity index (χ2n) is 5.97. The lowest BCUT2D eigenvalue weighted by Gasteiger charge is -2.23. The molecule has 3 rings (SSSR count). The molecule has 0 fully saturated rings. The molecule has 0 aliphatic rings. The Morgan fingerprint density at radius 1 is 1.21 bits per heavy atom. The number of nitrogens with one attached hydrogen (secondary N) is 1. The number of carbonyl (C=O) groups is 1. The average Bonchev–Trinajstić information content (AvgIpc) is 3.09. The van der Waals surface area contributed by atoms with Crippen LogP contribution in [-0.4, -0.2) is 36.4 Å². The van der Waals surface area contributed by atoms with Crippen molar-refractivity contribution in [2.75, 3.05) is 20.6 Å². The Hall–Kier alpha value is -2.24. The van der Waals surface area contributed by atoms with E-state index in [1.54, 1.807) is 17.5 Å². The van der Waals surface area contributed by atoms with Crippen molar-refractivity contribution in [3.8, 4) is 0 Å². The highest BCUT2D eigenvalue weighted by Gasteiger charge is 2.16. The molecule has 0 bridgehead atoms. The second kappa shape index (κ2) is 7.55. The molecule has 0 aliphatic heterocycles. The van der Waals surface area contributed by atoms with Crippen LogP contribution in [0.1, 0.15) is 16.5 Å². The van der Waals surface area contributed by atoms with Crippen LogP contribution in [0.25, 0.3) is 10.9 Å². The molecule has 0 spiro atoms. The molecule has 0 aliphatic carbocycles. The van der Waals surface area contributed by atoms with Gasteiger partial charge in [0.05, 0.1) is 18.0 Å². The van der Waals surface area contributed by atoms with Crippen LogP contribution in [-0.2, 0) is 11.2 Å². The second-order valence-corrected chi connectivity index (χ2v) is 6.95. The average molecular weight is 339 g/mol. The summed E-state index contributed by atoms with van der Waals surface area (Å²) in [6.07, 6.45) is 2.11. The molecule has 0 radical (unpaired) electrons. The van der Waals surface area contributed by atoms with Gasteiger partial charge in [-0.15, -0.1) is 11.3 Å². The molecule has 2 aromatic heterocycles. The van der Waals surface area contributed by atoms with Gasteiger partial charge < -0.3 is 10.2 Å². The maximum atomic E-state index is 12.4. The van der Waals surface area contributed by atoms with Crippen LogP contribution in [0.4, 0.5) is 0 Å². The number of rotatable bonds is 6. The van der Waals surface area contributed by atoms with E-state index in [2.05, 4.69) is 26.6 Å². The fourth-order valence-corrected chi connectivity index (χ4v) is 3.70. The lowest BCUT2D eigenvalue weighted by atomic mass is 10.1. The predicted octanol–water partition coefficient (Wildman–Crippen LogP) is 3.26. The zero-order chi connectivity index (χ0) is 16.9. The number of para-hydroxylation sites is 1. The molecule has 0 saturated heterocycles. The summed E-state index contributed by atoms with van der Waals surface area (Å²) >= 11 is 1.71. The number of hydrogen-bond acceptors (Lipinski definition) is 4. The maximum Gasteiger partial charge on any atom is 0.224 e. The summed E-state index contributed by atoms with van der Waals surface area (Å²) < 4.78 is 0. The minimum Gasteiger partial charge on any atom is -0.354 e. The van der Waals surface area contributed by atoms with E-state index < -0.39 is 0 Å². The number of carbonyl (C=O) groups excluding carboxylic acids is 1. The molecule has 124 valence electrons. The molecule has 1 unspecified atom stereocenters. The van der Waals surface area contributed by atoms with E-state index in [-0.39, 0.29) is 11.9 Å². The molecule has 1 N–H and O–H groups in total. The number of aromatic nitrogens is 1. The number of pyridine rings is 1. The third kappa shape index (κ3) is 3.80. The van der Waals surface area contributed by atoms with E-state index in [0.717, 1.165) is 16.5 Å². The first-order valence-corrected chi connectivity index (χ1v) is 8.82. The van der Waals surface area contributed by atoms with Gasteiger partial charge in [-0.2, -0.15) is 0 Å². The van der Waals surface area contributed by atoms with E-state index >= 15 is 0 Å². The summed E-state index contributed by atoms with van der Waals surface area (Å²) in [5.74, 6) is 0.0246. The van der Waals surface area contributed by atoms with Crippen molar-refractivity contribution in [2.45, 2.75) is 12.5 Å². The first kappa shape index (κ1) is 16.6. The van der Waals surface area contributed by atoms with Crippen molar-refractivity contribution in [1.82, 2.24) is 15.2 Å². The van der Waals surface area contributed by atoms with Crippen LogP contribution in [0.3, 0.4) is 0 Å². The van der Waals surface area contributed by atoms with Gasteiger partial charge in [-0.3, -0.25) is 9.78 Å². The number of thiophene rings is 1. The number of nitrogens with zero attached hydrogens (tertiary/aromatic N) is 2. The van der Waals surface area contributed by atoms with E-state index in [1.807, 2.05) is 50.5 Å². The molecule has 1 amide bonds. The van der Waals surface area contributed by atoms with Crippen LogP contribution >= 0.6 is 11.3 Å². The Morgan fingerprint density at radius 3 is 2.79 bits per heavy atom. The Bertz CT molecular complexity index is 809. The van der Waals surface area contributed by atoms with Crippen LogP contribution in [0.2, 0.25) is 0 Å². The summed E-state index contributed by atoms with van der Waals surface area (Å²) in [7, 11) is 4.07. The Morgan fingerprint density at radius 2 is 2.04 bits per heavy atom. The Labute approximate surface area is 146 Å². The molecule has 1 aromatic carbocycles. The van der Waals surface area contributed by atoms with Gasteiger partial charge >= 0.3 is 0 Å². The fraction of sp³-hybridized carbons (Fsp3) is 0.263. The van der Waals surface area contributed by atoms with E-state index in [0.29, 0.717) is 13.0 Å². The molecule has 2 heterocycles. The number of likely N-dealkylation sites (N-methyl/N-ethyl adjacent to an activating group) is 1. The summed E-state index contributed by atoms with van der Waals surface area (Å²) in [6.45, 7) is 0.602. The lowest BCUT2D eigenvalue weighted by Crippen LogP contribution is -2.35. The van der Waals surface area contributed by atoms with Crippen molar-refractivity contribution in [2.24, 2.45) is 0 Å². The number of amides is 1. The zero-order valence-corrected chi connectivity index (χ0v) is 14.7. The van der Waals surface area contributed by atoms with Gasteiger partial charge in [0.15, 0.2) is 0 Å². The summed E-state index contributed by atoms with van der Waals surface area (Å²) in [4.78, 5) is 20.2. The minimum absolute atomic E-state index is 0.0246. The van der Waals surface area contributed by atoms with Crippen LogP contribution in [0, 0.1) is 0 Å². The fourth-order valence-electron chi connectivity index (χ4n) is 2.77. The third-order valence-electron chi connectivity index (χ3n) is 4.05. The largest absolute Gasteiger partial charge is 0.354 e. The van der Waals surface area contributed by atoms with Crippen molar-refractivity contribution < 1.29 is 4.79 Å². The van der Waals surface area contributed by atoms with Crippen LogP contribution in [0.5, 0.6) is 0 Å². The molecule has 4 nitrogen and oxygen atoms in total. The van der Waals surface area contributed by atoms with Gasteiger partial charge in [-0.05, 0) is 37.2 Å². The standard InChI is InChI=1S/C19H21N3OS/c1-22(2)16(17-9-5-11-24-17)13-21-18(23)12-15-7-3-6-14-8-4-10-20-19(14)15/h3-11,16H,12-13H2,1-2H3,(H,21,23).